The van der Waals surface area contributed by atoms with Gasteiger partial charge < -0.3 is 9.84 Å². The summed E-state index contributed by atoms with van der Waals surface area (Å²) in [4.78, 5) is 10.8. The Morgan fingerprint density at radius 3 is 2.59 bits per heavy atom. The van der Waals surface area contributed by atoms with E-state index >= 15 is 0 Å². The number of carboxylic acid groups (broad SMARTS) is 1. The number of aliphatic carboxylic acids is 1. The number of hydrogen-bond donors (Lipinski definition) is 1. The van der Waals surface area contributed by atoms with Crippen LogP contribution in [0.3, 0.4) is 0 Å². The highest BCUT2D eigenvalue weighted by Crippen LogP contribution is 2.32. The van der Waals surface area contributed by atoms with Gasteiger partial charge in [-0.25, -0.2) is 0 Å². The van der Waals surface area contributed by atoms with Crippen LogP contribution >= 0.6 is 0 Å². The van der Waals surface area contributed by atoms with Gasteiger partial charge >= 0.3 is 12.1 Å². The predicted octanol–water partition coefficient (Wildman–Crippen LogP) is 2.82. The van der Waals surface area contributed by atoms with E-state index in [1.54, 1.807) is 0 Å². The highest BCUT2D eigenvalue weighted by atomic mass is 19.4. The zero-order chi connectivity index (χ0) is 13.1. The molecule has 3 nitrogen and oxygen atoms in total. The van der Waals surface area contributed by atoms with Gasteiger partial charge in [-0.1, -0.05) is 12.1 Å². The molecule has 0 bridgehead atoms. The predicted molar refractivity (Wildman–Crippen MR) is 54.0 cm³/mol. The van der Waals surface area contributed by atoms with Gasteiger partial charge in [-0.3, -0.25) is 4.79 Å². The van der Waals surface area contributed by atoms with E-state index in [2.05, 4.69) is 0 Å². The summed E-state index contributed by atoms with van der Waals surface area (Å²) >= 11 is 0. The van der Waals surface area contributed by atoms with Crippen LogP contribution in [0.15, 0.2) is 24.3 Å². The normalized spacial score (nSPS) is 13.2. The molecule has 1 rings (SSSR count). The van der Waals surface area contributed by atoms with Crippen molar-refractivity contribution in [2.45, 2.75) is 18.5 Å². The van der Waals surface area contributed by atoms with Gasteiger partial charge in [0, 0.05) is 0 Å². The third-order valence-corrected chi connectivity index (χ3v) is 2.23. The summed E-state index contributed by atoms with van der Waals surface area (Å²) in [5.41, 5.74) is 0.0779. The van der Waals surface area contributed by atoms with E-state index in [1.807, 2.05) is 0 Å². The first-order valence-corrected chi connectivity index (χ1v) is 4.77. The van der Waals surface area contributed by atoms with Crippen LogP contribution in [0.4, 0.5) is 13.2 Å². The quantitative estimate of drug-likeness (QED) is 0.891. The summed E-state index contributed by atoms with van der Waals surface area (Å²) in [6, 6.07) is 5.63. The lowest BCUT2D eigenvalue weighted by Crippen LogP contribution is -2.20. The maximum absolute atomic E-state index is 12.2. The number of halogens is 3. The molecule has 0 aliphatic carbocycles. The Bertz CT molecular complexity index is 401. The lowest BCUT2D eigenvalue weighted by atomic mass is 9.95. The Morgan fingerprint density at radius 2 is 2.12 bits per heavy atom. The number of carboxylic acids is 1. The molecule has 0 heterocycles. The summed E-state index contributed by atoms with van der Waals surface area (Å²) in [5.74, 6) is -2.78. The van der Waals surface area contributed by atoms with E-state index < -0.39 is 24.5 Å². The van der Waals surface area contributed by atoms with Crippen molar-refractivity contribution in [1.82, 2.24) is 0 Å². The second-order valence-corrected chi connectivity index (χ2v) is 3.49. The molecule has 0 amide bonds. The summed E-state index contributed by atoms with van der Waals surface area (Å²) in [5, 5.41) is 8.81. The molecule has 1 unspecified atom stereocenters. The minimum Gasteiger partial charge on any atom is -0.497 e. The molecule has 0 saturated carbocycles. The van der Waals surface area contributed by atoms with Crippen molar-refractivity contribution in [3.8, 4) is 5.75 Å². The van der Waals surface area contributed by atoms with Gasteiger partial charge in [-0.05, 0) is 17.7 Å². The molecule has 6 heteroatoms. The number of hydrogen-bond acceptors (Lipinski definition) is 2. The molecule has 1 aromatic rings. The number of ether oxygens (including phenoxy) is 1. The first-order valence-electron chi connectivity index (χ1n) is 4.77. The van der Waals surface area contributed by atoms with Gasteiger partial charge in [0.2, 0.25) is 0 Å². The molecule has 0 radical (unpaired) electrons. The fraction of sp³-hybridized carbons (Fsp3) is 0.364. The highest BCUT2D eigenvalue weighted by Gasteiger charge is 2.36. The van der Waals surface area contributed by atoms with Crippen molar-refractivity contribution in [2.75, 3.05) is 7.11 Å². The molecule has 17 heavy (non-hydrogen) atoms. The number of methoxy groups -OCH3 is 1. The van der Waals surface area contributed by atoms with E-state index in [0.717, 1.165) is 0 Å². The largest absolute Gasteiger partial charge is 0.497 e. The number of benzene rings is 1. The van der Waals surface area contributed by atoms with Crippen LogP contribution in [-0.2, 0) is 4.79 Å². The molecular formula is C11H11F3O3. The number of alkyl halides is 3. The molecule has 0 saturated heterocycles. The van der Waals surface area contributed by atoms with E-state index in [4.69, 9.17) is 9.84 Å². The van der Waals surface area contributed by atoms with Crippen molar-refractivity contribution in [3.63, 3.8) is 0 Å². The third kappa shape index (κ3) is 3.97. The second-order valence-electron chi connectivity index (χ2n) is 3.49. The van der Waals surface area contributed by atoms with Crippen LogP contribution in [0, 0.1) is 0 Å². The van der Waals surface area contributed by atoms with Crippen LogP contribution in [0.5, 0.6) is 5.75 Å². The summed E-state index contributed by atoms with van der Waals surface area (Å²) in [6.07, 6.45) is -5.92. The third-order valence-electron chi connectivity index (χ3n) is 2.23. The summed E-state index contributed by atoms with van der Waals surface area (Å²) < 4.78 is 41.6. The molecule has 0 fully saturated rings. The standard InChI is InChI=1S/C11H11F3O3/c1-17-8-4-2-3-7(5-8)9(10(15)16)6-11(12,13)14/h2-5,9H,6H2,1H3,(H,15,16). The second kappa shape index (κ2) is 5.07. The van der Waals surface area contributed by atoms with Crippen molar-refractivity contribution in [2.24, 2.45) is 0 Å². The van der Waals surface area contributed by atoms with Crippen LogP contribution in [-0.4, -0.2) is 24.4 Å². The van der Waals surface area contributed by atoms with Gasteiger partial charge in [0.1, 0.15) is 5.75 Å². The fourth-order valence-corrected chi connectivity index (χ4v) is 1.44. The number of rotatable bonds is 4. The molecule has 0 spiro atoms. The smallest absolute Gasteiger partial charge is 0.390 e. The van der Waals surface area contributed by atoms with Crippen molar-refractivity contribution >= 4 is 5.97 Å². The Morgan fingerprint density at radius 1 is 1.47 bits per heavy atom. The zero-order valence-corrected chi connectivity index (χ0v) is 8.99. The molecule has 1 aromatic carbocycles. The molecule has 0 aromatic heterocycles. The van der Waals surface area contributed by atoms with E-state index in [0.29, 0.717) is 5.75 Å². The van der Waals surface area contributed by atoms with Crippen molar-refractivity contribution < 1.29 is 27.8 Å². The van der Waals surface area contributed by atoms with E-state index in [9.17, 15) is 18.0 Å². The monoisotopic (exact) mass is 248 g/mol. The molecule has 94 valence electrons. The highest BCUT2D eigenvalue weighted by molar-refractivity contribution is 5.76. The van der Waals surface area contributed by atoms with Crippen LogP contribution in [0.2, 0.25) is 0 Å². The Labute approximate surface area is 95.8 Å². The Hall–Kier alpha value is -1.72. The maximum atomic E-state index is 12.2. The Balaban J connectivity index is 3.01. The Kier molecular flexibility index (Phi) is 3.98. The maximum Gasteiger partial charge on any atom is 0.390 e. The minimum absolute atomic E-state index is 0.0779. The van der Waals surface area contributed by atoms with Crippen molar-refractivity contribution in [1.29, 1.82) is 0 Å². The van der Waals surface area contributed by atoms with Gasteiger partial charge in [0.15, 0.2) is 0 Å². The summed E-state index contributed by atoms with van der Waals surface area (Å²) in [7, 11) is 1.36. The van der Waals surface area contributed by atoms with Gasteiger partial charge in [0.05, 0.1) is 19.4 Å². The van der Waals surface area contributed by atoms with Crippen LogP contribution < -0.4 is 4.74 Å². The zero-order valence-electron chi connectivity index (χ0n) is 8.99. The topological polar surface area (TPSA) is 46.5 Å². The molecule has 0 aliphatic heterocycles. The summed E-state index contributed by atoms with van der Waals surface area (Å²) in [6.45, 7) is 0. The molecule has 1 N–H and O–H groups in total. The lowest BCUT2D eigenvalue weighted by molar-refractivity contribution is -0.157. The molecule has 0 aliphatic rings. The first kappa shape index (κ1) is 13.3. The fourth-order valence-electron chi connectivity index (χ4n) is 1.44. The van der Waals surface area contributed by atoms with Crippen LogP contribution in [0.1, 0.15) is 17.9 Å². The molecule has 1 atom stereocenters. The van der Waals surface area contributed by atoms with Gasteiger partial charge in [0.25, 0.3) is 0 Å². The van der Waals surface area contributed by atoms with E-state index in [-0.39, 0.29) is 5.56 Å². The molecular weight excluding hydrogens is 237 g/mol. The van der Waals surface area contributed by atoms with Crippen LogP contribution in [0.25, 0.3) is 0 Å². The average Bonchev–Trinajstić information content (AvgIpc) is 2.24. The van der Waals surface area contributed by atoms with Crippen molar-refractivity contribution in [3.05, 3.63) is 29.8 Å². The first-order chi connectivity index (χ1) is 7.83. The van der Waals surface area contributed by atoms with E-state index in [1.165, 1.54) is 31.4 Å². The van der Waals surface area contributed by atoms with Gasteiger partial charge in [-0.15, -0.1) is 0 Å². The average molecular weight is 248 g/mol. The number of carbonyl (C=O) groups is 1. The lowest BCUT2D eigenvalue weighted by Gasteiger charge is -2.15. The van der Waals surface area contributed by atoms with Gasteiger partial charge in [-0.2, -0.15) is 13.2 Å². The minimum atomic E-state index is -4.52. The SMILES string of the molecule is COc1cccc(C(CC(F)(F)F)C(=O)O)c1.